The van der Waals surface area contributed by atoms with Gasteiger partial charge >= 0.3 is 5.97 Å². The summed E-state index contributed by atoms with van der Waals surface area (Å²) in [7, 11) is 0. The summed E-state index contributed by atoms with van der Waals surface area (Å²) in [6.07, 6.45) is 2.16. The van der Waals surface area contributed by atoms with Crippen LogP contribution in [0.15, 0.2) is 24.3 Å². The molecule has 0 radical (unpaired) electrons. The van der Waals surface area contributed by atoms with E-state index < -0.39 is 11.5 Å². The number of aryl methyl sites for hydroxylation is 1. The van der Waals surface area contributed by atoms with E-state index in [-0.39, 0.29) is 0 Å². The van der Waals surface area contributed by atoms with Crippen molar-refractivity contribution in [3.05, 3.63) is 29.8 Å². The van der Waals surface area contributed by atoms with Crippen molar-refractivity contribution in [1.29, 1.82) is 0 Å². The number of benzene rings is 1. The van der Waals surface area contributed by atoms with Crippen LogP contribution in [0.3, 0.4) is 0 Å². The van der Waals surface area contributed by atoms with Crippen molar-refractivity contribution in [3.8, 4) is 0 Å². The highest BCUT2D eigenvalue weighted by Crippen LogP contribution is 2.27. The molecule has 0 bridgehead atoms. The highest BCUT2D eigenvalue weighted by molar-refractivity contribution is 5.79. The maximum atomic E-state index is 11.5. The number of fused-ring (bicyclic) bond motifs is 1. The molecule has 0 saturated carbocycles. The Morgan fingerprint density at radius 2 is 2.21 bits per heavy atom. The zero-order valence-electron chi connectivity index (χ0n) is 11.6. The molecular formula is C15H22N2O2. The number of carbonyl (C=O) groups is 1. The molecule has 1 heterocycles. The zero-order chi connectivity index (χ0) is 13.9. The van der Waals surface area contributed by atoms with E-state index in [2.05, 4.69) is 22.3 Å². The molecule has 4 heteroatoms. The van der Waals surface area contributed by atoms with Gasteiger partial charge in [-0.15, -0.1) is 0 Å². The molecule has 1 aromatic rings. The van der Waals surface area contributed by atoms with Crippen molar-refractivity contribution in [1.82, 2.24) is 5.32 Å². The van der Waals surface area contributed by atoms with E-state index in [1.165, 1.54) is 11.3 Å². The Morgan fingerprint density at radius 3 is 2.89 bits per heavy atom. The van der Waals surface area contributed by atoms with Gasteiger partial charge in [0.25, 0.3) is 0 Å². The number of rotatable bonds is 5. The predicted octanol–water partition coefficient (Wildman–Crippen LogP) is 1.89. The molecule has 0 spiro atoms. The normalized spacial score (nSPS) is 17.7. The number of anilines is 1. The molecule has 2 rings (SSSR count). The maximum absolute atomic E-state index is 11.5. The van der Waals surface area contributed by atoms with Crippen LogP contribution in [0.5, 0.6) is 0 Å². The molecule has 19 heavy (non-hydrogen) atoms. The van der Waals surface area contributed by atoms with E-state index in [0.717, 1.165) is 19.4 Å². The average Bonchev–Trinajstić information content (AvgIpc) is 2.39. The van der Waals surface area contributed by atoms with Gasteiger partial charge < -0.3 is 15.3 Å². The van der Waals surface area contributed by atoms with Crippen LogP contribution >= 0.6 is 0 Å². The van der Waals surface area contributed by atoms with E-state index in [0.29, 0.717) is 13.1 Å². The fourth-order valence-electron chi connectivity index (χ4n) is 2.75. The summed E-state index contributed by atoms with van der Waals surface area (Å²) < 4.78 is 0. The number of aliphatic carboxylic acids is 1. The number of carboxylic acids is 1. The van der Waals surface area contributed by atoms with Gasteiger partial charge in [-0.05, 0) is 37.9 Å². The lowest BCUT2D eigenvalue weighted by molar-refractivity contribution is -0.143. The van der Waals surface area contributed by atoms with E-state index in [9.17, 15) is 9.90 Å². The molecule has 0 saturated heterocycles. The topological polar surface area (TPSA) is 52.6 Å². The molecule has 0 aliphatic carbocycles. The lowest BCUT2D eigenvalue weighted by atomic mass is 9.97. The van der Waals surface area contributed by atoms with Crippen LogP contribution in [0.2, 0.25) is 0 Å². The number of nitrogens with one attached hydrogen (secondary N) is 1. The Labute approximate surface area is 114 Å². The van der Waals surface area contributed by atoms with Gasteiger partial charge in [-0.3, -0.25) is 4.79 Å². The minimum atomic E-state index is -0.904. The third kappa shape index (κ3) is 2.89. The molecule has 1 aromatic carbocycles. The van der Waals surface area contributed by atoms with Crippen molar-refractivity contribution in [3.63, 3.8) is 0 Å². The largest absolute Gasteiger partial charge is 0.480 e. The Kier molecular flexibility index (Phi) is 4.10. The molecule has 104 valence electrons. The fraction of sp³-hybridized carbons (Fsp3) is 0.533. The molecule has 4 nitrogen and oxygen atoms in total. The van der Waals surface area contributed by atoms with Crippen molar-refractivity contribution in [2.45, 2.75) is 32.2 Å². The first-order valence-corrected chi connectivity index (χ1v) is 6.88. The van der Waals surface area contributed by atoms with Crippen molar-refractivity contribution >= 4 is 11.7 Å². The van der Waals surface area contributed by atoms with E-state index >= 15 is 0 Å². The minimum absolute atomic E-state index is 0.493. The smallest absolute Gasteiger partial charge is 0.325 e. The highest BCUT2D eigenvalue weighted by atomic mass is 16.4. The molecule has 2 N–H and O–H groups in total. The van der Waals surface area contributed by atoms with Gasteiger partial charge in [-0.25, -0.2) is 0 Å². The molecular weight excluding hydrogens is 240 g/mol. The third-order valence-corrected chi connectivity index (χ3v) is 3.75. The highest BCUT2D eigenvalue weighted by Gasteiger charge is 2.35. The van der Waals surface area contributed by atoms with Crippen LogP contribution in [0.1, 0.15) is 25.8 Å². The second-order valence-electron chi connectivity index (χ2n) is 5.32. The molecule has 1 atom stereocenters. The number of hydrogen-bond acceptors (Lipinski definition) is 3. The van der Waals surface area contributed by atoms with E-state index in [4.69, 9.17) is 0 Å². The summed E-state index contributed by atoms with van der Waals surface area (Å²) in [6.45, 7) is 5.76. The van der Waals surface area contributed by atoms with Crippen LogP contribution in [0.4, 0.5) is 5.69 Å². The van der Waals surface area contributed by atoms with Gasteiger partial charge in [0.15, 0.2) is 0 Å². The summed E-state index contributed by atoms with van der Waals surface area (Å²) >= 11 is 0. The second-order valence-corrected chi connectivity index (χ2v) is 5.32. The molecule has 0 aromatic heterocycles. The number of likely N-dealkylation sites (N-methyl/N-ethyl adjacent to an activating group) is 1. The quantitative estimate of drug-likeness (QED) is 0.851. The molecule has 1 aliphatic rings. The number of hydrogen-bond donors (Lipinski definition) is 2. The zero-order valence-corrected chi connectivity index (χ0v) is 11.6. The number of nitrogens with zero attached hydrogens (tertiary/aromatic N) is 1. The lowest BCUT2D eigenvalue weighted by Gasteiger charge is -2.37. The summed E-state index contributed by atoms with van der Waals surface area (Å²) in [5.41, 5.74) is 1.59. The average molecular weight is 262 g/mol. The summed E-state index contributed by atoms with van der Waals surface area (Å²) in [5.74, 6) is -0.794. The standard InChI is InChI=1S/C15H22N2O2/c1-3-16-15(2,14(18)19)11-17-10-6-8-12-7-4-5-9-13(12)17/h4-5,7,9,16H,3,6,8,10-11H2,1-2H3,(H,18,19). The Morgan fingerprint density at radius 1 is 1.47 bits per heavy atom. The van der Waals surface area contributed by atoms with Gasteiger partial charge in [0, 0.05) is 18.8 Å². The van der Waals surface area contributed by atoms with Crippen LogP contribution in [0.25, 0.3) is 0 Å². The molecule has 1 aliphatic heterocycles. The fourth-order valence-corrected chi connectivity index (χ4v) is 2.75. The Balaban J connectivity index is 2.22. The van der Waals surface area contributed by atoms with Crippen molar-refractivity contribution < 1.29 is 9.90 Å². The SMILES string of the molecule is CCNC(C)(CN1CCCc2ccccc21)C(=O)O. The molecule has 1 unspecified atom stereocenters. The van der Waals surface area contributed by atoms with Crippen LogP contribution in [-0.2, 0) is 11.2 Å². The van der Waals surface area contributed by atoms with Crippen molar-refractivity contribution in [2.24, 2.45) is 0 Å². The first-order chi connectivity index (χ1) is 9.07. The van der Waals surface area contributed by atoms with Crippen LogP contribution in [-0.4, -0.2) is 36.2 Å². The van der Waals surface area contributed by atoms with Crippen molar-refractivity contribution in [2.75, 3.05) is 24.5 Å². The van der Waals surface area contributed by atoms with Crippen LogP contribution in [0, 0.1) is 0 Å². The van der Waals surface area contributed by atoms with Gasteiger partial charge in [-0.2, -0.15) is 0 Å². The number of para-hydroxylation sites is 1. The number of carboxylic acid groups (broad SMARTS) is 1. The maximum Gasteiger partial charge on any atom is 0.325 e. The molecule has 0 fully saturated rings. The monoisotopic (exact) mass is 262 g/mol. The summed E-state index contributed by atoms with van der Waals surface area (Å²) in [5, 5.41) is 12.5. The predicted molar refractivity (Wildman–Crippen MR) is 76.7 cm³/mol. The van der Waals surface area contributed by atoms with Gasteiger partial charge in [-0.1, -0.05) is 25.1 Å². The van der Waals surface area contributed by atoms with Gasteiger partial charge in [0.05, 0.1) is 0 Å². The van der Waals surface area contributed by atoms with E-state index in [1.807, 2.05) is 19.1 Å². The lowest BCUT2D eigenvalue weighted by Crippen LogP contribution is -2.57. The first-order valence-electron chi connectivity index (χ1n) is 6.88. The Bertz CT molecular complexity index is 461. The Hall–Kier alpha value is -1.55. The van der Waals surface area contributed by atoms with Gasteiger partial charge in [0.1, 0.15) is 5.54 Å². The minimum Gasteiger partial charge on any atom is -0.480 e. The van der Waals surface area contributed by atoms with Gasteiger partial charge in [0.2, 0.25) is 0 Å². The first kappa shape index (κ1) is 13.9. The van der Waals surface area contributed by atoms with Crippen LogP contribution < -0.4 is 10.2 Å². The van der Waals surface area contributed by atoms with E-state index in [1.54, 1.807) is 6.92 Å². The second kappa shape index (κ2) is 5.61. The summed E-state index contributed by atoms with van der Waals surface area (Å²) in [6, 6.07) is 8.28. The summed E-state index contributed by atoms with van der Waals surface area (Å²) in [4.78, 5) is 13.7. The molecule has 0 amide bonds. The third-order valence-electron chi connectivity index (χ3n) is 3.75.